The third-order valence-electron chi connectivity index (χ3n) is 5.98. The van der Waals surface area contributed by atoms with Gasteiger partial charge in [-0.25, -0.2) is 8.78 Å². The third kappa shape index (κ3) is 2.35. The van der Waals surface area contributed by atoms with Crippen LogP contribution in [-0.2, 0) is 11.2 Å². The monoisotopic (exact) mass is 493 g/mol. The van der Waals surface area contributed by atoms with Gasteiger partial charge in [0.05, 0.1) is 10.9 Å². The second-order valence-corrected chi connectivity index (χ2v) is 8.88. The molecule has 30 heavy (non-hydrogen) atoms. The van der Waals surface area contributed by atoms with Crippen molar-refractivity contribution in [2.45, 2.75) is 29.1 Å². The van der Waals surface area contributed by atoms with E-state index in [1.807, 2.05) is 0 Å². The van der Waals surface area contributed by atoms with Crippen LogP contribution in [0.1, 0.15) is 22.7 Å². The summed E-state index contributed by atoms with van der Waals surface area (Å²) < 4.78 is 38.2. The fourth-order valence-electron chi connectivity index (χ4n) is 4.78. The predicted octanol–water partition coefficient (Wildman–Crippen LogP) is 4.77. The molecule has 8 heteroatoms. The largest absolute Gasteiger partial charge is 0.476 e. The van der Waals surface area contributed by atoms with Gasteiger partial charge in [-0.3, -0.25) is 4.98 Å². The summed E-state index contributed by atoms with van der Waals surface area (Å²) >= 11 is 9.38. The van der Waals surface area contributed by atoms with Crippen LogP contribution in [0.25, 0.3) is 0 Å². The van der Waals surface area contributed by atoms with Gasteiger partial charge >= 0.3 is 0 Å². The van der Waals surface area contributed by atoms with Gasteiger partial charge in [-0.05, 0) is 23.3 Å². The molecule has 1 unspecified atom stereocenters. The number of benzene rings is 2. The van der Waals surface area contributed by atoms with Crippen molar-refractivity contribution in [1.29, 1.82) is 0 Å². The first-order valence-electron chi connectivity index (χ1n) is 9.17. The van der Waals surface area contributed by atoms with E-state index in [9.17, 15) is 10.2 Å². The second-order valence-electron chi connectivity index (χ2n) is 7.53. The van der Waals surface area contributed by atoms with Gasteiger partial charge < -0.3 is 14.9 Å². The molecule has 0 saturated heterocycles. The Bertz CT molecular complexity index is 1130. The molecular formula is C22H15BrClF2NO3. The predicted molar refractivity (Wildman–Crippen MR) is 110 cm³/mol. The SMILES string of the molecule is OC1C(F)(F)[C@@H](c2ccccc2)[C@]2(c3ccc(Br)cc3)Oc3cc(Cl)cnc3[C@]12O. The minimum atomic E-state index is -3.72. The van der Waals surface area contributed by atoms with Gasteiger partial charge in [0.2, 0.25) is 0 Å². The molecule has 154 valence electrons. The number of alkyl halides is 2. The smallest absolute Gasteiger partial charge is 0.287 e. The van der Waals surface area contributed by atoms with Crippen LogP contribution < -0.4 is 4.74 Å². The lowest BCUT2D eigenvalue weighted by molar-refractivity contribution is -0.175. The highest BCUT2D eigenvalue weighted by atomic mass is 79.9. The van der Waals surface area contributed by atoms with Crippen LogP contribution in [0.15, 0.2) is 71.3 Å². The Morgan fingerprint density at radius 2 is 1.73 bits per heavy atom. The number of halogens is 4. The fraction of sp³-hybridized carbons (Fsp3) is 0.227. The third-order valence-corrected chi connectivity index (χ3v) is 6.71. The molecule has 5 rings (SSSR count). The minimum Gasteiger partial charge on any atom is -0.476 e. The molecule has 3 aromatic rings. The molecule has 2 aromatic carbocycles. The Kier molecular flexibility index (Phi) is 4.29. The van der Waals surface area contributed by atoms with E-state index in [0.29, 0.717) is 0 Å². The highest BCUT2D eigenvalue weighted by molar-refractivity contribution is 9.10. The number of rotatable bonds is 2. The van der Waals surface area contributed by atoms with E-state index in [0.717, 1.165) is 4.47 Å². The summed E-state index contributed by atoms with van der Waals surface area (Å²) in [6, 6.07) is 16.0. The van der Waals surface area contributed by atoms with Crippen LogP contribution in [0, 0.1) is 0 Å². The van der Waals surface area contributed by atoms with Gasteiger partial charge in [-0.2, -0.15) is 0 Å². The molecule has 0 amide bonds. The lowest BCUT2D eigenvalue weighted by atomic mass is 9.72. The lowest BCUT2D eigenvalue weighted by Crippen LogP contribution is -2.52. The number of hydrogen-bond donors (Lipinski definition) is 2. The Labute approximate surface area is 184 Å². The fourth-order valence-corrected chi connectivity index (χ4v) is 5.19. The molecular weight excluding hydrogens is 480 g/mol. The second kappa shape index (κ2) is 6.47. The van der Waals surface area contributed by atoms with Gasteiger partial charge in [0.15, 0.2) is 17.3 Å². The maximum atomic E-state index is 15.7. The maximum Gasteiger partial charge on any atom is 0.287 e. The molecule has 4 atom stereocenters. The number of ether oxygens (including phenoxy) is 1. The Balaban J connectivity index is 1.88. The number of aromatic nitrogens is 1. The van der Waals surface area contributed by atoms with Crippen molar-refractivity contribution < 1.29 is 23.7 Å². The van der Waals surface area contributed by atoms with Crippen LogP contribution in [0.4, 0.5) is 8.78 Å². The van der Waals surface area contributed by atoms with E-state index < -0.39 is 29.1 Å². The van der Waals surface area contributed by atoms with Gasteiger partial charge in [0.25, 0.3) is 5.92 Å². The quantitative estimate of drug-likeness (QED) is 0.539. The molecule has 0 bridgehead atoms. The van der Waals surface area contributed by atoms with E-state index in [1.54, 1.807) is 42.5 Å². The summed E-state index contributed by atoms with van der Waals surface area (Å²) in [5.74, 6) is -5.36. The molecule has 1 fully saturated rings. The summed E-state index contributed by atoms with van der Waals surface area (Å²) in [6.07, 6.45) is -1.23. The summed E-state index contributed by atoms with van der Waals surface area (Å²) in [6.45, 7) is 0. The van der Waals surface area contributed by atoms with Gasteiger partial charge in [-0.1, -0.05) is 70.0 Å². The molecule has 1 aliphatic heterocycles. The average Bonchev–Trinajstić information content (AvgIpc) is 3.04. The van der Waals surface area contributed by atoms with E-state index >= 15 is 8.78 Å². The number of aliphatic hydroxyl groups is 2. The van der Waals surface area contributed by atoms with Crippen LogP contribution in [0.2, 0.25) is 5.02 Å². The first-order chi connectivity index (χ1) is 14.2. The molecule has 4 nitrogen and oxygen atoms in total. The molecule has 2 heterocycles. The van der Waals surface area contributed by atoms with Gasteiger partial charge in [0, 0.05) is 16.7 Å². The zero-order valence-corrected chi connectivity index (χ0v) is 17.6. The normalized spacial score (nSPS) is 31.1. The summed E-state index contributed by atoms with van der Waals surface area (Å²) in [4.78, 5) is 4.10. The van der Waals surface area contributed by atoms with Crippen molar-refractivity contribution in [3.63, 3.8) is 0 Å². The maximum absolute atomic E-state index is 15.7. The number of fused-ring (bicyclic) bond motifs is 3. The Morgan fingerprint density at radius 3 is 2.40 bits per heavy atom. The summed E-state index contributed by atoms with van der Waals surface area (Å²) in [5, 5.41) is 22.9. The number of hydrogen-bond acceptors (Lipinski definition) is 4. The molecule has 2 N–H and O–H groups in total. The first-order valence-corrected chi connectivity index (χ1v) is 10.3. The van der Waals surface area contributed by atoms with E-state index in [1.165, 1.54) is 24.4 Å². The molecule has 1 aliphatic carbocycles. The van der Waals surface area contributed by atoms with Crippen LogP contribution in [-0.4, -0.2) is 27.2 Å². The first kappa shape index (κ1) is 19.9. The van der Waals surface area contributed by atoms with Crippen molar-refractivity contribution in [3.05, 3.63) is 93.2 Å². The van der Waals surface area contributed by atoms with Crippen molar-refractivity contribution in [2.75, 3.05) is 0 Å². The summed E-state index contributed by atoms with van der Waals surface area (Å²) in [5.41, 5.74) is -4.20. The van der Waals surface area contributed by atoms with E-state index in [-0.39, 0.29) is 27.6 Å². The van der Waals surface area contributed by atoms with Crippen molar-refractivity contribution in [1.82, 2.24) is 4.98 Å². The zero-order chi connectivity index (χ0) is 21.3. The Morgan fingerprint density at radius 1 is 1.07 bits per heavy atom. The molecule has 0 radical (unpaired) electrons. The van der Waals surface area contributed by atoms with E-state index in [2.05, 4.69) is 20.9 Å². The highest BCUT2D eigenvalue weighted by Crippen LogP contribution is 2.70. The summed E-state index contributed by atoms with van der Waals surface area (Å²) in [7, 11) is 0. The number of aliphatic hydroxyl groups excluding tert-OH is 1. The minimum absolute atomic E-state index is 0.0587. The van der Waals surface area contributed by atoms with Crippen molar-refractivity contribution in [2.24, 2.45) is 0 Å². The van der Waals surface area contributed by atoms with Crippen molar-refractivity contribution in [3.8, 4) is 5.75 Å². The van der Waals surface area contributed by atoms with Crippen molar-refractivity contribution >= 4 is 27.5 Å². The molecule has 0 spiro atoms. The highest BCUT2D eigenvalue weighted by Gasteiger charge is 2.83. The lowest BCUT2D eigenvalue weighted by Gasteiger charge is -2.39. The van der Waals surface area contributed by atoms with Gasteiger partial charge in [0.1, 0.15) is 11.4 Å². The Hall–Kier alpha value is -2.06. The van der Waals surface area contributed by atoms with Crippen LogP contribution in [0.5, 0.6) is 5.75 Å². The molecule has 2 aliphatic rings. The van der Waals surface area contributed by atoms with Gasteiger partial charge in [-0.15, -0.1) is 0 Å². The average molecular weight is 495 g/mol. The topological polar surface area (TPSA) is 62.6 Å². The standard InChI is InChI=1S/C22H15BrClF2NO3/c23-14-8-6-13(7-9-14)21-17(12-4-2-1-3-5-12)22(25,26)19(28)20(21,29)18-16(30-21)10-15(24)11-27-18/h1-11,17,19,28-29H/t17-,19?,20-,21-/m0/s1. The number of nitrogens with zero attached hydrogens (tertiary/aromatic N) is 1. The molecule has 1 aromatic heterocycles. The molecule has 1 saturated carbocycles. The zero-order valence-electron chi connectivity index (χ0n) is 15.3. The van der Waals surface area contributed by atoms with Crippen LogP contribution in [0.3, 0.4) is 0 Å². The number of pyridine rings is 1. The van der Waals surface area contributed by atoms with Crippen LogP contribution >= 0.6 is 27.5 Å². The van der Waals surface area contributed by atoms with E-state index in [4.69, 9.17) is 16.3 Å².